The van der Waals surface area contributed by atoms with Gasteiger partial charge in [-0.3, -0.25) is 9.88 Å². The van der Waals surface area contributed by atoms with Crippen LogP contribution in [0.2, 0.25) is 0 Å². The van der Waals surface area contributed by atoms with Gasteiger partial charge in [0.05, 0.1) is 0 Å². The fraction of sp³-hybridized carbons (Fsp3) is 0.615. The number of nitrogens with zero attached hydrogens (tertiary/aromatic N) is 2. The predicted octanol–water partition coefficient (Wildman–Crippen LogP) is 3.98. The van der Waals surface area contributed by atoms with Crippen LogP contribution in [0.25, 0.3) is 0 Å². The molecule has 1 unspecified atom stereocenters. The van der Waals surface area contributed by atoms with Crippen LogP contribution in [0.5, 0.6) is 0 Å². The fourth-order valence-electron chi connectivity index (χ4n) is 2.52. The van der Waals surface area contributed by atoms with Gasteiger partial charge in [-0.2, -0.15) is 0 Å². The van der Waals surface area contributed by atoms with Crippen molar-refractivity contribution in [2.75, 3.05) is 11.9 Å². The summed E-state index contributed by atoms with van der Waals surface area (Å²) in [5.74, 6) is 0. The summed E-state index contributed by atoms with van der Waals surface area (Å²) < 4.78 is 1.08. The Morgan fingerprint density at radius 1 is 1.41 bits per heavy atom. The van der Waals surface area contributed by atoms with E-state index in [2.05, 4.69) is 47.8 Å². The molecule has 2 heterocycles. The normalized spacial score (nSPS) is 20.9. The van der Waals surface area contributed by atoms with Gasteiger partial charge in [0.15, 0.2) is 0 Å². The zero-order valence-electron chi connectivity index (χ0n) is 9.91. The molecule has 1 aromatic heterocycles. The summed E-state index contributed by atoms with van der Waals surface area (Å²) in [7, 11) is 0. The molecule has 0 N–H and O–H groups in total. The van der Waals surface area contributed by atoms with E-state index < -0.39 is 0 Å². The zero-order chi connectivity index (χ0) is 12.1. The Bertz CT molecular complexity index is 357. The van der Waals surface area contributed by atoms with Crippen LogP contribution in [0.4, 0.5) is 0 Å². The summed E-state index contributed by atoms with van der Waals surface area (Å²) in [6.45, 7) is 2.28. The lowest BCUT2D eigenvalue weighted by molar-refractivity contribution is 0.233. The highest BCUT2D eigenvalue weighted by Gasteiger charge is 2.23. The number of halogens is 2. The van der Waals surface area contributed by atoms with Gasteiger partial charge < -0.3 is 0 Å². The minimum Gasteiger partial charge on any atom is -0.296 e. The second kappa shape index (κ2) is 6.86. The van der Waals surface area contributed by atoms with Gasteiger partial charge >= 0.3 is 0 Å². The van der Waals surface area contributed by atoms with Crippen molar-refractivity contribution in [3.05, 3.63) is 28.5 Å². The minimum absolute atomic E-state index is 0.770. The maximum absolute atomic E-state index is 4.23. The molecule has 0 saturated carbocycles. The average Bonchev–Trinajstić information content (AvgIpc) is 2.74. The maximum Gasteiger partial charge on any atom is 0.0410 e. The van der Waals surface area contributed by atoms with E-state index in [4.69, 9.17) is 0 Å². The number of pyridine rings is 1. The molecule has 0 amide bonds. The standard InChI is InChI=1S/C13H18Br2N2/c14-5-1-3-13-4-2-6-17(13)10-11-7-12(15)9-16-8-11/h7-9,13H,1-6,10H2. The van der Waals surface area contributed by atoms with Gasteiger partial charge in [0.2, 0.25) is 0 Å². The molecule has 1 aliphatic heterocycles. The number of aromatic nitrogens is 1. The largest absolute Gasteiger partial charge is 0.296 e. The van der Waals surface area contributed by atoms with Crippen LogP contribution in [0, 0.1) is 0 Å². The number of rotatable bonds is 5. The van der Waals surface area contributed by atoms with Crippen LogP contribution in [-0.4, -0.2) is 27.8 Å². The summed E-state index contributed by atoms with van der Waals surface area (Å²) in [5, 5.41) is 1.12. The van der Waals surface area contributed by atoms with E-state index >= 15 is 0 Å². The Balaban J connectivity index is 1.93. The first-order chi connectivity index (χ1) is 8.29. The molecule has 2 nitrogen and oxygen atoms in total. The molecule has 4 heteroatoms. The number of likely N-dealkylation sites (tertiary alicyclic amines) is 1. The highest BCUT2D eigenvalue weighted by molar-refractivity contribution is 9.10. The summed E-state index contributed by atoms with van der Waals surface area (Å²) in [5.41, 5.74) is 1.31. The van der Waals surface area contributed by atoms with Gasteiger partial charge in [0.25, 0.3) is 0 Å². The third-order valence-corrected chi connectivity index (χ3v) is 4.31. The van der Waals surface area contributed by atoms with Crippen molar-refractivity contribution in [3.8, 4) is 0 Å². The van der Waals surface area contributed by atoms with Crippen LogP contribution < -0.4 is 0 Å². The van der Waals surface area contributed by atoms with Crippen molar-refractivity contribution >= 4 is 31.9 Å². The third kappa shape index (κ3) is 4.04. The van der Waals surface area contributed by atoms with Crippen molar-refractivity contribution in [1.29, 1.82) is 0 Å². The second-order valence-electron chi connectivity index (χ2n) is 4.61. The van der Waals surface area contributed by atoms with E-state index in [-0.39, 0.29) is 0 Å². The van der Waals surface area contributed by atoms with Gasteiger partial charge in [0, 0.05) is 34.8 Å². The van der Waals surface area contributed by atoms with Gasteiger partial charge in [-0.15, -0.1) is 0 Å². The Morgan fingerprint density at radius 2 is 2.29 bits per heavy atom. The molecule has 1 aliphatic rings. The molecule has 1 saturated heterocycles. The van der Waals surface area contributed by atoms with Crippen molar-refractivity contribution in [2.24, 2.45) is 0 Å². The van der Waals surface area contributed by atoms with Gasteiger partial charge in [-0.1, -0.05) is 15.9 Å². The van der Waals surface area contributed by atoms with E-state index in [0.717, 1.165) is 22.4 Å². The fourth-order valence-corrected chi connectivity index (χ4v) is 3.26. The number of alkyl halides is 1. The van der Waals surface area contributed by atoms with Crippen LogP contribution in [0.3, 0.4) is 0 Å². The van der Waals surface area contributed by atoms with Crippen molar-refractivity contribution in [2.45, 2.75) is 38.3 Å². The molecule has 17 heavy (non-hydrogen) atoms. The summed E-state index contributed by atoms with van der Waals surface area (Å²) in [4.78, 5) is 6.84. The molecule has 0 aromatic carbocycles. The smallest absolute Gasteiger partial charge is 0.0410 e. The molecule has 1 aromatic rings. The van der Waals surface area contributed by atoms with E-state index in [1.54, 1.807) is 0 Å². The Labute approximate surface area is 120 Å². The van der Waals surface area contributed by atoms with Crippen LogP contribution >= 0.6 is 31.9 Å². The number of hydrogen-bond donors (Lipinski definition) is 0. The lowest BCUT2D eigenvalue weighted by atomic mass is 10.1. The van der Waals surface area contributed by atoms with Crippen LogP contribution in [0.15, 0.2) is 22.9 Å². The molecule has 0 spiro atoms. The Kier molecular flexibility index (Phi) is 5.45. The maximum atomic E-state index is 4.23. The quantitative estimate of drug-likeness (QED) is 0.737. The molecular weight excluding hydrogens is 344 g/mol. The van der Waals surface area contributed by atoms with E-state index in [9.17, 15) is 0 Å². The Hall–Kier alpha value is 0.0700. The topological polar surface area (TPSA) is 16.1 Å². The molecule has 0 bridgehead atoms. The Morgan fingerprint density at radius 3 is 3.06 bits per heavy atom. The second-order valence-corrected chi connectivity index (χ2v) is 6.32. The molecule has 1 fully saturated rings. The highest BCUT2D eigenvalue weighted by atomic mass is 79.9. The lowest BCUT2D eigenvalue weighted by Crippen LogP contribution is -2.28. The highest BCUT2D eigenvalue weighted by Crippen LogP contribution is 2.24. The first kappa shape index (κ1) is 13.5. The van der Waals surface area contributed by atoms with Crippen LogP contribution in [0.1, 0.15) is 31.2 Å². The van der Waals surface area contributed by atoms with E-state index in [1.807, 2.05) is 12.4 Å². The van der Waals surface area contributed by atoms with Gasteiger partial charge in [-0.25, -0.2) is 0 Å². The first-order valence-electron chi connectivity index (χ1n) is 6.19. The van der Waals surface area contributed by atoms with Crippen molar-refractivity contribution in [1.82, 2.24) is 9.88 Å². The number of hydrogen-bond acceptors (Lipinski definition) is 2. The molecule has 1 atom stereocenters. The molecule has 94 valence electrons. The molecular formula is C13H18Br2N2. The van der Waals surface area contributed by atoms with Gasteiger partial charge in [0.1, 0.15) is 0 Å². The average molecular weight is 362 g/mol. The minimum atomic E-state index is 0.770. The predicted molar refractivity (Wildman–Crippen MR) is 78.4 cm³/mol. The first-order valence-corrected chi connectivity index (χ1v) is 8.10. The van der Waals surface area contributed by atoms with Crippen molar-refractivity contribution < 1.29 is 0 Å². The SMILES string of the molecule is BrCCCC1CCCN1Cc1cncc(Br)c1. The van der Waals surface area contributed by atoms with Crippen LogP contribution in [-0.2, 0) is 6.54 Å². The summed E-state index contributed by atoms with van der Waals surface area (Å²) in [6.07, 6.45) is 9.10. The lowest BCUT2D eigenvalue weighted by Gasteiger charge is -2.24. The monoisotopic (exact) mass is 360 g/mol. The van der Waals surface area contributed by atoms with Crippen molar-refractivity contribution in [3.63, 3.8) is 0 Å². The molecule has 0 aliphatic carbocycles. The summed E-state index contributed by atoms with van der Waals surface area (Å²) >= 11 is 7.00. The zero-order valence-corrected chi connectivity index (χ0v) is 13.1. The third-order valence-electron chi connectivity index (χ3n) is 3.32. The molecule has 0 radical (unpaired) electrons. The molecule has 2 rings (SSSR count). The van der Waals surface area contributed by atoms with E-state index in [1.165, 1.54) is 37.8 Å². The van der Waals surface area contributed by atoms with Gasteiger partial charge in [-0.05, 0) is 59.8 Å². The van der Waals surface area contributed by atoms with E-state index in [0.29, 0.717) is 0 Å². The summed E-state index contributed by atoms with van der Waals surface area (Å²) in [6, 6.07) is 2.94.